The summed E-state index contributed by atoms with van der Waals surface area (Å²) in [4.78, 5) is 14.3. The number of ether oxygens (including phenoxy) is 1. The van der Waals surface area contributed by atoms with Crippen molar-refractivity contribution in [3.05, 3.63) is 29.8 Å². The molecule has 1 aromatic carbocycles. The van der Waals surface area contributed by atoms with Crippen molar-refractivity contribution in [2.45, 2.75) is 44.7 Å². The topological polar surface area (TPSA) is 55.6 Å². The zero-order valence-corrected chi connectivity index (χ0v) is 12.3. The van der Waals surface area contributed by atoms with E-state index in [2.05, 4.69) is 0 Å². The van der Waals surface area contributed by atoms with Crippen LogP contribution in [0.2, 0.25) is 0 Å². The molecule has 0 radical (unpaired) electrons. The van der Waals surface area contributed by atoms with Gasteiger partial charge in [0, 0.05) is 24.7 Å². The Morgan fingerprint density at radius 3 is 2.40 bits per heavy atom. The fourth-order valence-corrected chi connectivity index (χ4v) is 2.72. The Kier molecular flexibility index (Phi) is 5.01. The van der Waals surface area contributed by atoms with E-state index in [-0.39, 0.29) is 5.91 Å². The first-order valence-electron chi connectivity index (χ1n) is 7.37. The highest BCUT2D eigenvalue weighted by Gasteiger charge is 2.25. The molecule has 0 bridgehead atoms. The van der Waals surface area contributed by atoms with Crippen molar-refractivity contribution in [2.24, 2.45) is 5.73 Å². The fraction of sp³-hybridized carbons (Fsp3) is 0.562. The lowest BCUT2D eigenvalue weighted by Gasteiger charge is -2.33. The number of carbonyl (C=O) groups is 1. The molecule has 1 aliphatic rings. The molecule has 1 aromatic rings. The van der Waals surface area contributed by atoms with E-state index in [1.165, 1.54) is 0 Å². The van der Waals surface area contributed by atoms with Gasteiger partial charge in [-0.25, -0.2) is 0 Å². The van der Waals surface area contributed by atoms with Gasteiger partial charge in [-0.1, -0.05) is 0 Å². The smallest absolute Gasteiger partial charge is 0.253 e. The van der Waals surface area contributed by atoms with Gasteiger partial charge in [-0.2, -0.15) is 0 Å². The third kappa shape index (κ3) is 3.51. The molecule has 4 nitrogen and oxygen atoms in total. The number of nitrogens with two attached hydrogens (primary N) is 1. The number of carbonyl (C=O) groups excluding carboxylic acids is 1. The predicted molar refractivity (Wildman–Crippen MR) is 79.9 cm³/mol. The molecule has 110 valence electrons. The van der Waals surface area contributed by atoms with Crippen LogP contribution in [-0.2, 0) is 0 Å². The number of amides is 1. The minimum absolute atomic E-state index is 0.0773. The van der Waals surface area contributed by atoms with Gasteiger partial charge >= 0.3 is 0 Å². The average Bonchev–Trinajstić information content (AvgIpc) is 2.48. The predicted octanol–water partition coefficient (Wildman–Crippen LogP) is 2.43. The quantitative estimate of drug-likeness (QED) is 0.919. The molecular weight excluding hydrogens is 252 g/mol. The maximum absolute atomic E-state index is 12.4. The molecule has 0 aliphatic heterocycles. The fourth-order valence-electron chi connectivity index (χ4n) is 2.72. The molecule has 0 unspecified atom stereocenters. The van der Waals surface area contributed by atoms with Crippen LogP contribution >= 0.6 is 0 Å². The number of benzene rings is 1. The second-order valence-corrected chi connectivity index (χ2v) is 5.44. The Balaban J connectivity index is 1.99. The van der Waals surface area contributed by atoms with Crippen LogP contribution in [0.3, 0.4) is 0 Å². The van der Waals surface area contributed by atoms with E-state index in [9.17, 15) is 4.79 Å². The molecular formula is C16H24N2O2. The number of nitrogens with zero attached hydrogens (tertiary/aromatic N) is 1. The van der Waals surface area contributed by atoms with Crippen molar-refractivity contribution in [3.63, 3.8) is 0 Å². The summed E-state index contributed by atoms with van der Waals surface area (Å²) in [6.45, 7) is 2.58. The van der Waals surface area contributed by atoms with Gasteiger partial charge in [0.1, 0.15) is 5.75 Å². The highest BCUT2D eigenvalue weighted by molar-refractivity contribution is 5.94. The third-order valence-corrected chi connectivity index (χ3v) is 4.02. The molecule has 0 spiro atoms. The van der Waals surface area contributed by atoms with E-state index in [1.54, 1.807) is 0 Å². The van der Waals surface area contributed by atoms with Gasteiger partial charge in [-0.15, -0.1) is 0 Å². The van der Waals surface area contributed by atoms with Gasteiger partial charge in [-0.05, 0) is 56.9 Å². The SMILES string of the molecule is CCOc1ccc(C(=O)N(C)C2CCC(N)CC2)cc1. The van der Waals surface area contributed by atoms with Gasteiger partial charge in [-0.3, -0.25) is 4.79 Å². The molecule has 4 heteroatoms. The number of hydrogen-bond donors (Lipinski definition) is 1. The maximum Gasteiger partial charge on any atom is 0.253 e. The summed E-state index contributed by atoms with van der Waals surface area (Å²) in [5, 5.41) is 0. The Morgan fingerprint density at radius 2 is 1.85 bits per heavy atom. The van der Waals surface area contributed by atoms with Crippen molar-refractivity contribution < 1.29 is 9.53 Å². The monoisotopic (exact) mass is 276 g/mol. The van der Waals surface area contributed by atoms with Crippen LogP contribution in [0.4, 0.5) is 0 Å². The van der Waals surface area contributed by atoms with Gasteiger partial charge in [0.15, 0.2) is 0 Å². The molecule has 1 saturated carbocycles. The summed E-state index contributed by atoms with van der Waals surface area (Å²) >= 11 is 0. The molecule has 1 amide bonds. The van der Waals surface area contributed by atoms with Crippen LogP contribution < -0.4 is 10.5 Å². The average molecular weight is 276 g/mol. The second-order valence-electron chi connectivity index (χ2n) is 5.44. The molecule has 0 heterocycles. The lowest BCUT2D eigenvalue weighted by atomic mass is 9.90. The normalized spacial score (nSPS) is 22.4. The summed E-state index contributed by atoms with van der Waals surface area (Å²) in [7, 11) is 1.89. The Hall–Kier alpha value is -1.55. The first-order chi connectivity index (χ1) is 9.61. The van der Waals surface area contributed by atoms with Crippen LogP contribution in [0.15, 0.2) is 24.3 Å². The first-order valence-corrected chi connectivity index (χ1v) is 7.37. The Morgan fingerprint density at radius 1 is 1.25 bits per heavy atom. The van der Waals surface area contributed by atoms with Gasteiger partial charge < -0.3 is 15.4 Å². The standard InChI is InChI=1S/C16H24N2O2/c1-3-20-15-10-4-12(5-11-15)16(19)18(2)14-8-6-13(17)7-9-14/h4-5,10-11,13-14H,3,6-9,17H2,1-2H3. The largest absolute Gasteiger partial charge is 0.494 e. The number of hydrogen-bond acceptors (Lipinski definition) is 3. The summed E-state index contributed by atoms with van der Waals surface area (Å²) in [5.41, 5.74) is 6.63. The van der Waals surface area contributed by atoms with Crippen LogP contribution in [0, 0.1) is 0 Å². The Labute approximate surface area is 120 Å². The molecule has 0 saturated heterocycles. The van der Waals surface area contributed by atoms with Crippen molar-refractivity contribution >= 4 is 5.91 Å². The van der Waals surface area contributed by atoms with Crippen LogP contribution in [0.1, 0.15) is 43.0 Å². The molecule has 0 atom stereocenters. The maximum atomic E-state index is 12.4. The van der Waals surface area contributed by atoms with Crippen LogP contribution in [0.5, 0.6) is 5.75 Å². The van der Waals surface area contributed by atoms with Crippen molar-refractivity contribution in [1.29, 1.82) is 0 Å². The van der Waals surface area contributed by atoms with Gasteiger partial charge in [0.25, 0.3) is 5.91 Å². The highest BCUT2D eigenvalue weighted by atomic mass is 16.5. The zero-order valence-electron chi connectivity index (χ0n) is 12.3. The minimum atomic E-state index is 0.0773. The zero-order chi connectivity index (χ0) is 14.5. The van der Waals surface area contributed by atoms with Gasteiger partial charge in [0.2, 0.25) is 0 Å². The van der Waals surface area contributed by atoms with Crippen LogP contribution in [0.25, 0.3) is 0 Å². The second kappa shape index (κ2) is 6.75. The summed E-state index contributed by atoms with van der Waals surface area (Å²) in [6.07, 6.45) is 4.01. The molecule has 2 N–H and O–H groups in total. The lowest BCUT2D eigenvalue weighted by molar-refractivity contribution is 0.0690. The summed E-state index contributed by atoms with van der Waals surface area (Å²) < 4.78 is 5.39. The van der Waals surface area contributed by atoms with Crippen molar-refractivity contribution in [3.8, 4) is 5.75 Å². The van der Waals surface area contributed by atoms with E-state index >= 15 is 0 Å². The molecule has 1 aliphatic carbocycles. The number of rotatable bonds is 4. The van der Waals surface area contributed by atoms with E-state index in [0.717, 1.165) is 31.4 Å². The van der Waals surface area contributed by atoms with E-state index in [0.29, 0.717) is 24.3 Å². The van der Waals surface area contributed by atoms with Crippen molar-refractivity contribution in [2.75, 3.05) is 13.7 Å². The molecule has 0 aromatic heterocycles. The summed E-state index contributed by atoms with van der Waals surface area (Å²) in [6, 6.07) is 7.98. The van der Waals surface area contributed by atoms with Crippen LogP contribution in [-0.4, -0.2) is 36.5 Å². The van der Waals surface area contributed by atoms with E-state index < -0.39 is 0 Å². The van der Waals surface area contributed by atoms with E-state index in [1.807, 2.05) is 43.1 Å². The highest BCUT2D eigenvalue weighted by Crippen LogP contribution is 2.23. The third-order valence-electron chi connectivity index (χ3n) is 4.02. The van der Waals surface area contributed by atoms with E-state index in [4.69, 9.17) is 10.5 Å². The lowest BCUT2D eigenvalue weighted by Crippen LogP contribution is -2.41. The minimum Gasteiger partial charge on any atom is -0.494 e. The van der Waals surface area contributed by atoms with Crippen molar-refractivity contribution in [1.82, 2.24) is 4.90 Å². The molecule has 20 heavy (non-hydrogen) atoms. The molecule has 2 rings (SSSR count). The van der Waals surface area contributed by atoms with Gasteiger partial charge in [0.05, 0.1) is 6.61 Å². The Bertz CT molecular complexity index is 436. The molecule has 1 fully saturated rings. The summed E-state index contributed by atoms with van der Waals surface area (Å²) in [5.74, 6) is 0.879. The first kappa shape index (κ1) is 14.9.